The van der Waals surface area contributed by atoms with E-state index in [0.717, 1.165) is 22.0 Å². The summed E-state index contributed by atoms with van der Waals surface area (Å²) in [6.45, 7) is 0. The van der Waals surface area contributed by atoms with Gasteiger partial charge in [-0.2, -0.15) is 0 Å². The van der Waals surface area contributed by atoms with Gasteiger partial charge in [0.2, 0.25) is 0 Å². The Morgan fingerprint density at radius 3 is 1.81 bits per heavy atom. The summed E-state index contributed by atoms with van der Waals surface area (Å²) >= 11 is 0. The number of nitro benzene ring substituents is 1. The van der Waals surface area contributed by atoms with E-state index in [1.165, 1.54) is 16.7 Å². The molecule has 2 unspecified atom stereocenters. The normalized spacial score (nSPS) is 12.2. The molecule has 0 saturated heterocycles. The Hall–Kier alpha value is -6.06. The van der Waals surface area contributed by atoms with E-state index in [9.17, 15) is 35.0 Å². The number of nitrogens with zero attached hydrogens (tertiary/aromatic N) is 4. The Bertz CT molecular complexity index is 2150. The minimum Gasteiger partial charge on any atom is -0.507 e. The van der Waals surface area contributed by atoms with E-state index in [1.807, 2.05) is 53.7 Å². The van der Waals surface area contributed by atoms with E-state index in [-0.39, 0.29) is 40.9 Å². The number of carbonyl (C=O) groups is 2. The van der Waals surface area contributed by atoms with Gasteiger partial charge in [-0.05, 0) is 47.5 Å². The molecule has 3 aromatic carbocycles. The van der Waals surface area contributed by atoms with Gasteiger partial charge in [0.25, 0.3) is 5.69 Å². The van der Waals surface area contributed by atoms with Crippen LogP contribution in [0.3, 0.4) is 0 Å². The number of aromatic hydroxyl groups is 3. The van der Waals surface area contributed by atoms with Crippen molar-refractivity contribution in [3.63, 3.8) is 0 Å². The van der Waals surface area contributed by atoms with Gasteiger partial charge in [0.15, 0.2) is 0 Å². The van der Waals surface area contributed by atoms with E-state index < -0.39 is 28.9 Å². The number of carboxylic acid groups (broad SMARTS) is 2. The highest BCUT2D eigenvalue weighted by atomic mass is 16.6. The number of nitro groups is 1. The van der Waals surface area contributed by atoms with Gasteiger partial charge in [0.1, 0.15) is 34.8 Å². The fraction of sp³-hybridized carbons (Fsp3) is 0.212. The molecule has 0 bridgehead atoms. The molecule has 48 heavy (non-hydrogen) atoms. The number of fused-ring (bicyclic) bond motifs is 3. The van der Waals surface area contributed by atoms with Crippen molar-refractivity contribution in [2.45, 2.75) is 24.9 Å². The van der Waals surface area contributed by atoms with Gasteiger partial charge in [0, 0.05) is 69.4 Å². The van der Waals surface area contributed by atoms with Gasteiger partial charge in [-0.3, -0.25) is 19.7 Å². The summed E-state index contributed by atoms with van der Waals surface area (Å²) in [5.41, 5.74) is 14.2. The van der Waals surface area contributed by atoms with Crippen molar-refractivity contribution in [2.75, 3.05) is 0 Å². The molecular formula is C33H36N6O9. The molecule has 6 aromatic rings. The number of nitrogens with two attached hydrogens (primary N) is 2. The average molecular weight is 661 g/mol. The fourth-order valence-electron chi connectivity index (χ4n) is 5.52. The third kappa shape index (κ3) is 7.16. The van der Waals surface area contributed by atoms with E-state index in [2.05, 4.69) is 0 Å². The molecule has 6 rings (SSSR count). The Labute approximate surface area is 273 Å². The molecule has 2 atom stereocenters. The van der Waals surface area contributed by atoms with E-state index >= 15 is 0 Å². The molecule has 0 aliphatic heterocycles. The summed E-state index contributed by atoms with van der Waals surface area (Å²) in [7, 11) is 5.39. The molecule has 0 amide bonds. The first-order chi connectivity index (χ1) is 22.6. The largest absolute Gasteiger partial charge is 0.507 e. The van der Waals surface area contributed by atoms with Crippen LogP contribution in [0, 0.1) is 10.1 Å². The van der Waals surface area contributed by atoms with Crippen molar-refractivity contribution in [3.8, 4) is 17.2 Å². The van der Waals surface area contributed by atoms with Crippen LogP contribution in [0.4, 0.5) is 5.69 Å². The van der Waals surface area contributed by atoms with Crippen molar-refractivity contribution >= 4 is 50.3 Å². The number of phenols is 3. The van der Waals surface area contributed by atoms with E-state index in [4.69, 9.17) is 21.7 Å². The van der Waals surface area contributed by atoms with Crippen molar-refractivity contribution in [1.29, 1.82) is 0 Å². The zero-order chi connectivity index (χ0) is 35.4. The molecule has 9 N–H and O–H groups in total. The first-order valence-corrected chi connectivity index (χ1v) is 14.5. The number of carboxylic acids is 2. The molecule has 15 heteroatoms. The molecular weight excluding hydrogens is 624 g/mol. The summed E-state index contributed by atoms with van der Waals surface area (Å²) in [5, 5.41) is 59.6. The lowest BCUT2D eigenvalue weighted by molar-refractivity contribution is -0.383. The lowest BCUT2D eigenvalue weighted by Gasteiger charge is -2.05. The van der Waals surface area contributed by atoms with Gasteiger partial charge < -0.3 is 50.7 Å². The number of benzene rings is 3. The number of non-ortho nitro benzene ring substituents is 1. The molecule has 3 heterocycles. The molecule has 15 nitrogen and oxygen atoms in total. The van der Waals surface area contributed by atoms with Crippen LogP contribution in [0.15, 0.2) is 73.2 Å². The smallest absolute Gasteiger partial charge is 0.320 e. The van der Waals surface area contributed by atoms with Crippen LogP contribution in [0.5, 0.6) is 17.2 Å². The fourth-order valence-corrected chi connectivity index (χ4v) is 5.52. The number of aryl methyl sites for hydroxylation is 3. The quantitative estimate of drug-likeness (QED) is 0.0965. The molecule has 0 spiro atoms. The highest BCUT2D eigenvalue weighted by Crippen LogP contribution is 2.36. The summed E-state index contributed by atoms with van der Waals surface area (Å²) < 4.78 is 5.31. The first-order valence-electron chi connectivity index (χ1n) is 14.5. The number of aromatic nitrogens is 3. The first kappa shape index (κ1) is 34.8. The molecule has 3 aromatic heterocycles. The average Bonchev–Trinajstić information content (AvgIpc) is 3.68. The number of hydrogen-bond acceptors (Lipinski definition) is 9. The zero-order valence-corrected chi connectivity index (χ0v) is 26.3. The van der Waals surface area contributed by atoms with Crippen LogP contribution in [-0.2, 0) is 43.6 Å². The maximum Gasteiger partial charge on any atom is 0.320 e. The van der Waals surface area contributed by atoms with Crippen LogP contribution in [0.1, 0.15) is 11.1 Å². The van der Waals surface area contributed by atoms with Gasteiger partial charge in [-0.25, -0.2) is 0 Å². The second-order valence-electron chi connectivity index (χ2n) is 11.2. The van der Waals surface area contributed by atoms with Crippen LogP contribution in [0.2, 0.25) is 0 Å². The molecule has 0 radical (unpaired) electrons. The summed E-state index contributed by atoms with van der Waals surface area (Å²) in [4.78, 5) is 32.0. The van der Waals surface area contributed by atoms with Crippen LogP contribution < -0.4 is 11.5 Å². The third-order valence-corrected chi connectivity index (χ3v) is 7.84. The predicted molar refractivity (Wildman–Crippen MR) is 179 cm³/mol. The second kappa shape index (κ2) is 14.1. The molecule has 0 aliphatic rings. The number of rotatable bonds is 7. The SMILES string of the molecule is Cn1cc(CC(N)C(=O)O)c2c(O)ccc([N+](=O)[O-])c21.Cn1cc(CC(N)C(=O)O)c2c(O)cccc21.Cn1ccc2c(O)cccc21. The standard InChI is InChI=1S/C12H13N3O5.C12H14N2O3.C9H9NO/c1-14-5-6(4-7(13)12(17)18)10-9(16)3-2-8(11(10)14)15(19)20;1-14-6-7(5-8(13)12(16)17)11-9(14)3-2-4-10(11)15;1-10-6-5-7-8(10)3-2-4-9(7)11/h2-3,5,7,16H,4,13H2,1H3,(H,17,18);2-4,6,8,15H,5,13H2,1H3,(H,16,17);2-6,11H,1H3. The number of hydrogen-bond donors (Lipinski definition) is 7. The van der Waals surface area contributed by atoms with Crippen LogP contribution >= 0.6 is 0 Å². The molecule has 252 valence electrons. The van der Waals surface area contributed by atoms with Crippen molar-refractivity contribution in [2.24, 2.45) is 32.6 Å². The minimum atomic E-state index is -1.17. The van der Waals surface area contributed by atoms with Crippen LogP contribution in [0.25, 0.3) is 32.7 Å². The van der Waals surface area contributed by atoms with E-state index in [1.54, 1.807) is 37.6 Å². The third-order valence-electron chi connectivity index (χ3n) is 7.84. The Kier molecular flexibility index (Phi) is 10.3. The summed E-state index contributed by atoms with van der Waals surface area (Å²) in [6, 6.07) is 13.0. The highest BCUT2D eigenvalue weighted by Gasteiger charge is 2.23. The topological polar surface area (TPSA) is 245 Å². The predicted octanol–water partition coefficient (Wildman–Crippen LogP) is 3.47. The highest BCUT2D eigenvalue weighted by molar-refractivity contribution is 5.96. The second-order valence-corrected chi connectivity index (χ2v) is 11.2. The lowest BCUT2D eigenvalue weighted by Crippen LogP contribution is -2.32. The van der Waals surface area contributed by atoms with Gasteiger partial charge >= 0.3 is 11.9 Å². The van der Waals surface area contributed by atoms with Gasteiger partial charge in [-0.15, -0.1) is 0 Å². The Morgan fingerprint density at radius 2 is 1.25 bits per heavy atom. The number of aliphatic carboxylic acids is 2. The molecule has 0 aliphatic carbocycles. The Morgan fingerprint density at radius 1 is 0.729 bits per heavy atom. The maximum absolute atomic E-state index is 11.0. The number of phenolic OH excluding ortho intramolecular Hbond substituents is 3. The zero-order valence-electron chi connectivity index (χ0n) is 26.3. The lowest BCUT2D eigenvalue weighted by atomic mass is 10.0. The van der Waals surface area contributed by atoms with Crippen molar-refractivity contribution in [3.05, 3.63) is 94.4 Å². The molecule has 0 saturated carbocycles. The minimum absolute atomic E-state index is 0.0264. The Balaban J connectivity index is 0.000000169. The van der Waals surface area contributed by atoms with Crippen molar-refractivity contribution < 1.29 is 40.0 Å². The van der Waals surface area contributed by atoms with Crippen LogP contribution in [-0.4, -0.2) is 68.2 Å². The van der Waals surface area contributed by atoms with Gasteiger partial charge in [0.05, 0.1) is 21.3 Å². The monoisotopic (exact) mass is 660 g/mol. The van der Waals surface area contributed by atoms with Crippen molar-refractivity contribution in [1.82, 2.24) is 13.7 Å². The summed E-state index contributed by atoms with van der Waals surface area (Å²) in [6.07, 6.45) is 5.45. The summed E-state index contributed by atoms with van der Waals surface area (Å²) in [5.74, 6) is -1.86. The maximum atomic E-state index is 11.0. The van der Waals surface area contributed by atoms with E-state index in [0.29, 0.717) is 16.7 Å². The molecule has 0 fully saturated rings. The van der Waals surface area contributed by atoms with Gasteiger partial charge in [-0.1, -0.05) is 12.1 Å².